The average Bonchev–Trinajstić information content (AvgIpc) is 2.53. The Bertz CT molecular complexity index is 897. The van der Waals surface area contributed by atoms with Crippen molar-refractivity contribution >= 4 is 21.0 Å². The summed E-state index contributed by atoms with van der Waals surface area (Å²) >= 11 is 0. The van der Waals surface area contributed by atoms with E-state index in [9.17, 15) is 8.42 Å². The van der Waals surface area contributed by atoms with Crippen LogP contribution in [0.5, 0.6) is 0 Å². The summed E-state index contributed by atoms with van der Waals surface area (Å²) in [5.41, 5.74) is 2.61. The van der Waals surface area contributed by atoms with Crippen LogP contribution in [0, 0.1) is 6.92 Å². The zero-order chi connectivity index (χ0) is 15.6. The summed E-state index contributed by atoms with van der Waals surface area (Å²) in [4.78, 5) is 4.41. The molecule has 1 heterocycles. The molecule has 22 heavy (non-hydrogen) atoms. The first-order chi connectivity index (χ1) is 10.6. The van der Waals surface area contributed by atoms with Crippen molar-refractivity contribution in [2.45, 2.75) is 18.4 Å². The van der Waals surface area contributed by atoms with Gasteiger partial charge >= 0.3 is 0 Å². The molecular formula is C17H15NO3S. The fourth-order valence-corrected chi connectivity index (χ4v) is 3.08. The second kappa shape index (κ2) is 5.87. The van der Waals surface area contributed by atoms with E-state index in [1.54, 1.807) is 36.5 Å². The highest BCUT2D eigenvalue weighted by molar-refractivity contribution is 7.86. The van der Waals surface area contributed by atoms with Gasteiger partial charge < -0.3 is 0 Å². The third-order valence-electron chi connectivity index (χ3n) is 3.42. The van der Waals surface area contributed by atoms with Gasteiger partial charge in [0, 0.05) is 11.6 Å². The van der Waals surface area contributed by atoms with Crippen LogP contribution in [0.3, 0.4) is 0 Å². The molecular weight excluding hydrogens is 298 g/mol. The van der Waals surface area contributed by atoms with Gasteiger partial charge in [0.15, 0.2) is 0 Å². The van der Waals surface area contributed by atoms with Crippen molar-refractivity contribution in [1.29, 1.82) is 0 Å². The van der Waals surface area contributed by atoms with Gasteiger partial charge in [-0.05, 0) is 36.8 Å². The van der Waals surface area contributed by atoms with E-state index in [4.69, 9.17) is 4.18 Å². The molecule has 0 amide bonds. The fraction of sp³-hybridized carbons (Fsp3) is 0.118. The van der Waals surface area contributed by atoms with Gasteiger partial charge in [-0.25, -0.2) is 0 Å². The molecule has 0 saturated heterocycles. The molecule has 0 aliphatic heterocycles. The van der Waals surface area contributed by atoms with Gasteiger partial charge in [0.25, 0.3) is 10.1 Å². The second-order valence-corrected chi connectivity index (χ2v) is 6.63. The van der Waals surface area contributed by atoms with Crippen LogP contribution in [0.15, 0.2) is 65.7 Å². The van der Waals surface area contributed by atoms with E-state index in [1.165, 1.54) is 0 Å². The number of fused-ring (bicyclic) bond motifs is 1. The molecule has 0 bridgehead atoms. The predicted octanol–water partition coefficient (Wildman–Crippen LogP) is 3.45. The number of nitrogens with zero attached hydrogens (tertiary/aromatic N) is 1. The normalized spacial score (nSPS) is 11.7. The Morgan fingerprint density at radius 1 is 1.00 bits per heavy atom. The third-order valence-corrected chi connectivity index (χ3v) is 4.70. The Kier molecular flexibility index (Phi) is 3.92. The molecule has 3 aromatic rings. The first-order valence-corrected chi connectivity index (χ1v) is 8.26. The third kappa shape index (κ3) is 3.00. The quantitative estimate of drug-likeness (QED) is 0.692. The van der Waals surface area contributed by atoms with Crippen LogP contribution >= 0.6 is 0 Å². The Morgan fingerprint density at radius 3 is 2.50 bits per heavy atom. The summed E-state index contributed by atoms with van der Waals surface area (Å²) in [7, 11) is -3.76. The number of hydrogen-bond acceptors (Lipinski definition) is 4. The molecule has 3 rings (SSSR count). The first-order valence-electron chi connectivity index (χ1n) is 6.85. The Morgan fingerprint density at radius 2 is 1.73 bits per heavy atom. The van der Waals surface area contributed by atoms with E-state index in [-0.39, 0.29) is 11.5 Å². The topological polar surface area (TPSA) is 56.3 Å². The number of hydrogen-bond donors (Lipinski definition) is 0. The maximum Gasteiger partial charge on any atom is 0.297 e. The lowest BCUT2D eigenvalue weighted by molar-refractivity contribution is 0.309. The van der Waals surface area contributed by atoms with Crippen molar-refractivity contribution in [1.82, 2.24) is 4.98 Å². The molecule has 4 nitrogen and oxygen atoms in total. The van der Waals surface area contributed by atoms with E-state index in [1.807, 2.05) is 31.2 Å². The molecule has 1 aromatic heterocycles. The predicted molar refractivity (Wildman–Crippen MR) is 84.9 cm³/mol. The molecule has 0 fully saturated rings. The minimum atomic E-state index is -3.76. The van der Waals surface area contributed by atoms with Gasteiger partial charge in [-0.2, -0.15) is 8.42 Å². The number of aromatic nitrogens is 1. The highest BCUT2D eigenvalue weighted by atomic mass is 32.2. The largest absolute Gasteiger partial charge is 0.297 e. The lowest BCUT2D eigenvalue weighted by Crippen LogP contribution is -2.07. The van der Waals surface area contributed by atoms with E-state index in [0.717, 1.165) is 22.0 Å². The van der Waals surface area contributed by atoms with Crippen LogP contribution in [0.4, 0.5) is 0 Å². The summed E-state index contributed by atoms with van der Waals surface area (Å²) in [5.74, 6) is 0. The van der Waals surface area contributed by atoms with E-state index < -0.39 is 10.1 Å². The van der Waals surface area contributed by atoms with Crippen LogP contribution in [-0.2, 0) is 20.9 Å². The van der Waals surface area contributed by atoms with Crippen LogP contribution in [-0.4, -0.2) is 13.4 Å². The lowest BCUT2D eigenvalue weighted by atomic mass is 10.1. The maximum atomic E-state index is 12.2. The smallest absolute Gasteiger partial charge is 0.262 e. The van der Waals surface area contributed by atoms with Crippen LogP contribution in [0.25, 0.3) is 10.9 Å². The van der Waals surface area contributed by atoms with Crippen molar-refractivity contribution in [3.63, 3.8) is 0 Å². The Hall–Kier alpha value is -2.24. The number of pyridine rings is 1. The standard InChI is InChI=1S/C17H15NO3S/c1-13-6-8-15(9-7-13)22(19,20)21-12-14-10-11-18-17-5-3-2-4-16(14)17/h2-11H,12H2,1H3. The average molecular weight is 313 g/mol. The molecule has 2 aromatic carbocycles. The van der Waals surface area contributed by atoms with Crippen molar-refractivity contribution < 1.29 is 12.6 Å². The zero-order valence-electron chi connectivity index (χ0n) is 12.1. The molecule has 0 N–H and O–H groups in total. The lowest BCUT2D eigenvalue weighted by Gasteiger charge is -2.08. The van der Waals surface area contributed by atoms with E-state index in [0.29, 0.717) is 0 Å². The number of para-hydroxylation sites is 1. The highest BCUT2D eigenvalue weighted by Gasteiger charge is 2.15. The molecule has 0 saturated carbocycles. The summed E-state index contributed by atoms with van der Waals surface area (Å²) in [6.07, 6.45) is 1.65. The fourth-order valence-electron chi connectivity index (χ4n) is 2.19. The van der Waals surface area contributed by atoms with Crippen molar-refractivity contribution in [3.8, 4) is 0 Å². The van der Waals surface area contributed by atoms with Crippen molar-refractivity contribution in [3.05, 3.63) is 71.9 Å². The summed E-state index contributed by atoms with van der Waals surface area (Å²) < 4.78 is 29.6. The molecule has 5 heteroatoms. The Balaban J connectivity index is 1.86. The number of rotatable bonds is 4. The van der Waals surface area contributed by atoms with Crippen LogP contribution in [0.2, 0.25) is 0 Å². The Labute approximate surface area is 129 Å². The molecule has 0 aliphatic carbocycles. The van der Waals surface area contributed by atoms with Gasteiger partial charge in [0.1, 0.15) is 0 Å². The summed E-state index contributed by atoms with van der Waals surface area (Å²) in [6, 6.07) is 15.9. The molecule has 0 spiro atoms. The van der Waals surface area contributed by atoms with E-state index >= 15 is 0 Å². The minimum absolute atomic E-state index is 0.0146. The van der Waals surface area contributed by atoms with Crippen molar-refractivity contribution in [2.24, 2.45) is 0 Å². The molecule has 112 valence electrons. The van der Waals surface area contributed by atoms with E-state index in [2.05, 4.69) is 4.98 Å². The highest BCUT2D eigenvalue weighted by Crippen LogP contribution is 2.20. The zero-order valence-corrected chi connectivity index (χ0v) is 12.9. The summed E-state index contributed by atoms with van der Waals surface area (Å²) in [6.45, 7) is 1.89. The molecule has 0 unspecified atom stereocenters. The van der Waals surface area contributed by atoms with Crippen LogP contribution in [0.1, 0.15) is 11.1 Å². The minimum Gasteiger partial charge on any atom is -0.262 e. The molecule has 0 atom stereocenters. The second-order valence-electron chi connectivity index (χ2n) is 5.02. The van der Waals surface area contributed by atoms with Crippen LogP contribution < -0.4 is 0 Å². The van der Waals surface area contributed by atoms with Gasteiger partial charge in [0.2, 0.25) is 0 Å². The number of benzene rings is 2. The van der Waals surface area contributed by atoms with Gasteiger partial charge in [0.05, 0.1) is 17.0 Å². The maximum absolute atomic E-state index is 12.2. The van der Waals surface area contributed by atoms with Gasteiger partial charge in [-0.3, -0.25) is 9.17 Å². The number of aryl methyl sites for hydroxylation is 1. The first kappa shape index (κ1) is 14.7. The SMILES string of the molecule is Cc1ccc(S(=O)(=O)OCc2ccnc3ccccc23)cc1. The monoisotopic (exact) mass is 313 g/mol. The van der Waals surface area contributed by atoms with Gasteiger partial charge in [-0.1, -0.05) is 35.9 Å². The molecule has 0 aliphatic rings. The summed E-state index contributed by atoms with van der Waals surface area (Å²) in [5, 5.41) is 0.893. The molecule has 0 radical (unpaired) electrons. The van der Waals surface area contributed by atoms with Gasteiger partial charge in [-0.15, -0.1) is 0 Å². The van der Waals surface area contributed by atoms with Crippen molar-refractivity contribution in [2.75, 3.05) is 0 Å².